The van der Waals surface area contributed by atoms with Crippen LogP contribution in [0.3, 0.4) is 0 Å². The van der Waals surface area contributed by atoms with E-state index in [4.69, 9.17) is 0 Å². The summed E-state index contributed by atoms with van der Waals surface area (Å²) in [6, 6.07) is 5.98. The number of amides is 1. The lowest BCUT2D eigenvalue weighted by atomic mass is 10.1. The third-order valence-corrected chi connectivity index (χ3v) is 5.11. The largest absolute Gasteiger partial charge is 0.508 e. The van der Waals surface area contributed by atoms with Crippen molar-refractivity contribution >= 4 is 22.9 Å². The van der Waals surface area contributed by atoms with Gasteiger partial charge >= 0.3 is 0 Å². The Morgan fingerprint density at radius 3 is 2.89 bits per heavy atom. The highest BCUT2D eigenvalue weighted by Crippen LogP contribution is 2.29. The molecule has 2 aromatic heterocycles. The Kier molecular flexibility index (Phi) is 4.82. The molecular formula is C19H22N6O3. The average molecular weight is 382 g/mol. The fourth-order valence-corrected chi connectivity index (χ4v) is 3.65. The molecule has 28 heavy (non-hydrogen) atoms. The van der Waals surface area contributed by atoms with Gasteiger partial charge in [0.25, 0.3) is 0 Å². The van der Waals surface area contributed by atoms with Gasteiger partial charge in [0.2, 0.25) is 5.91 Å². The number of phenolic OH excluding ortho intramolecular Hbond substituents is 1. The van der Waals surface area contributed by atoms with Crippen molar-refractivity contribution in [1.29, 1.82) is 0 Å². The lowest BCUT2D eigenvalue weighted by molar-refractivity contribution is -0.132. The zero-order valence-corrected chi connectivity index (χ0v) is 15.5. The van der Waals surface area contributed by atoms with Crippen molar-refractivity contribution in [3.8, 4) is 5.75 Å². The molecule has 0 radical (unpaired) electrons. The molecule has 3 heterocycles. The molecule has 2 atom stereocenters. The number of carbonyl (C=O) groups is 1. The van der Waals surface area contributed by atoms with Gasteiger partial charge in [-0.2, -0.15) is 0 Å². The van der Waals surface area contributed by atoms with Gasteiger partial charge in [0.05, 0.1) is 19.0 Å². The number of benzene rings is 1. The van der Waals surface area contributed by atoms with Crippen molar-refractivity contribution in [2.45, 2.75) is 25.0 Å². The monoisotopic (exact) mass is 382 g/mol. The number of likely N-dealkylation sites (N-methyl/N-ethyl adjacent to an activating group) is 1. The molecule has 1 aliphatic rings. The molecule has 1 fully saturated rings. The molecule has 3 N–H and O–H groups in total. The van der Waals surface area contributed by atoms with Crippen LogP contribution < -0.4 is 4.90 Å². The molecule has 4 rings (SSSR count). The first-order valence-corrected chi connectivity index (χ1v) is 9.17. The van der Waals surface area contributed by atoms with E-state index in [0.29, 0.717) is 22.5 Å². The summed E-state index contributed by atoms with van der Waals surface area (Å²) in [5, 5.41) is 19.8. The predicted molar refractivity (Wildman–Crippen MR) is 103 cm³/mol. The van der Waals surface area contributed by atoms with E-state index in [1.165, 1.54) is 18.5 Å². The average Bonchev–Trinajstić information content (AvgIpc) is 3.36. The number of hydrogen-bond donors (Lipinski definition) is 3. The summed E-state index contributed by atoms with van der Waals surface area (Å²) in [4.78, 5) is 32.3. The van der Waals surface area contributed by atoms with Gasteiger partial charge in [0.15, 0.2) is 11.5 Å². The van der Waals surface area contributed by atoms with E-state index in [9.17, 15) is 15.0 Å². The first-order chi connectivity index (χ1) is 13.5. The van der Waals surface area contributed by atoms with Gasteiger partial charge in [-0.3, -0.25) is 4.79 Å². The van der Waals surface area contributed by atoms with Crippen LogP contribution in [0.4, 0.5) is 5.82 Å². The van der Waals surface area contributed by atoms with Gasteiger partial charge in [-0.15, -0.1) is 0 Å². The number of carbonyl (C=O) groups excluding carboxylic acids is 1. The van der Waals surface area contributed by atoms with E-state index in [1.807, 2.05) is 4.90 Å². The number of nitrogens with zero attached hydrogens (tertiary/aromatic N) is 5. The maximum absolute atomic E-state index is 13.1. The molecule has 1 saturated heterocycles. The highest BCUT2D eigenvalue weighted by molar-refractivity contribution is 5.90. The Bertz CT molecular complexity index is 973. The molecule has 0 bridgehead atoms. The second kappa shape index (κ2) is 7.43. The lowest BCUT2D eigenvalue weighted by Gasteiger charge is -2.30. The van der Waals surface area contributed by atoms with Gasteiger partial charge in [0, 0.05) is 13.6 Å². The molecule has 1 aliphatic heterocycles. The number of aromatic amines is 1. The first kappa shape index (κ1) is 18.2. The molecular weight excluding hydrogens is 360 g/mol. The van der Waals surface area contributed by atoms with E-state index < -0.39 is 6.10 Å². The van der Waals surface area contributed by atoms with Crippen molar-refractivity contribution in [1.82, 2.24) is 24.8 Å². The second-order valence-corrected chi connectivity index (χ2v) is 6.98. The van der Waals surface area contributed by atoms with Crippen LogP contribution in [-0.2, 0) is 4.79 Å². The predicted octanol–water partition coefficient (Wildman–Crippen LogP) is 1.22. The van der Waals surface area contributed by atoms with Crippen molar-refractivity contribution in [2.24, 2.45) is 0 Å². The van der Waals surface area contributed by atoms with Gasteiger partial charge < -0.3 is 25.0 Å². The van der Waals surface area contributed by atoms with E-state index in [2.05, 4.69) is 19.9 Å². The third kappa shape index (κ3) is 3.36. The van der Waals surface area contributed by atoms with E-state index in [-0.39, 0.29) is 24.2 Å². The van der Waals surface area contributed by atoms with E-state index >= 15 is 0 Å². The first-order valence-electron chi connectivity index (χ1n) is 9.17. The molecule has 9 heteroatoms. The number of hydrogen-bond acceptors (Lipinski definition) is 7. The highest BCUT2D eigenvalue weighted by Gasteiger charge is 2.35. The number of aliphatic hydroxyl groups is 1. The van der Waals surface area contributed by atoms with Gasteiger partial charge in [0.1, 0.15) is 23.6 Å². The maximum Gasteiger partial charge on any atom is 0.245 e. The molecule has 0 aliphatic carbocycles. The number of H-pyrrole nitrogens is 1. The Balaban J connectivity index is 1.50. The number of phenols is 1. The van der Waals surface area contributed by atoms with Crippen LogP contribution in [0.1, 0.15) is 24.5 Å². The number of aromatic hydroxyl groups is 1. The van der Waals surface area contributed by atoms with Crippen LogP contribution in [0.5, 0.6) is 5.75 Å². The summed E-state index contributed by atoms with van der Waals surface area (Å²) < 4.78 is 0. The Morgan fingerprint density at radius 2 is 2.11 bits per heavy atom. The van der Waals surface area contributed by atoms with Gasteiger partial charge in [-0.1, -0.05) is 12.1 Å². The quantitative estimate of drug-likeness (QED) is 0.607. The Hall–Kier alpha value is -3.20. The summed E-state index contributed by atoms with van der Waals surface area (Å²) in [6.45, 7) is 0.882. The molecule has 146 valence electrons. The van der Waals surface area contributed by atoms with Crippen molar-refractivity contribution < 1.29 is 15.0 Å². The topological polar surface area (TPSA) is 118 Å². The maximum atomic E-state index is 13.1. The molecule has 1 aromatic carbocycles. The highest BCUT2D eigenvalue weighted by atomic mass is 16.3. The number of aromatic nitrogens is 4. The summed E-state index contributed by atoms with van der Waals surface area (Å²) in [5.41, 5.74) is 1.93. The molecule has 0 saturated carbocycles. The summed E-state index contributed by atoms with van der Waals surface area (Å²) >= 11 is 0. The number of anilines is 1. The molecule has 1 amide bonds. The minimum atomic E-state index is -0.831. The fourth-order valence-electron chi connectivity index (χ4n) is 3.65. The van der Waals surface area contributed by atoms with Crippen LogP contribution in [-0.4, -0.2) is 67.1 Å². The zero-order chi connectivity index (χ0) is 19.7. The van der Waals surface area contributed by atoms with Crippen molar-refractivity contribution in [2.75, 3.05) is 25.0 Å². The Morgan fingerprint density at radius 1 is 1.32 bits per heavy atom. The van der Waals surface area contributed by atoms with Crippen LogP contribution in [0, 0.1) is 0 Å². The lowest BCUT2D eigenvalue weighted by Crippen LogP contribution is -2.45. The normalized spacial score (nSPS) is 17.8. The zero-order valence-electron chi connectivity index (χ0n) is 15.5. The summed E-state index contributed by atoms with van der Waals surface area (Å²) in [7, 11) is 1.69. The molecule has 3 aromatic rings. The van der Waals surface area contributed by atoms with Crippen molar-refractivity contribution in [3.63, 3.8) is 0 Å². The van der Waals surface area contributed by atoms with Crippen LogP contribution in [0.25, 0.3) is 11.2 Å². The molecule has 1 unspecified atom stereocenters. The van der Waals surface area contributed by atoms with Crippen molar-refractivity contribution in [3.05, 3.63) is 42.5 Å². The number of imidazole rings is 1. The minimum absolute atomic E-state index is 0.0680. The number of nitrogens with one attached hydrogen (secondary N) is 1. The third-order valence-electron chi connectivity index (χ3n) is 5.11. The number of aliphatic hydroxyl groups excluding tert-OH is 1. The van der Waals surface area contributed by atoms with E-state index in [0.717, 1.165) is 19.4 Å². The smallest absolute Gasteiger partial charge is 0.245 e. The summed E-state index contributed by atoms with van der Waals surface area (Å²) in [5.74, 6) is 0.740. The van der Waals surface area contributed by atoms with Crippen LogP contribution >= 0.6 is 0 Å². The van der Waals surface area contributed by atoms with Gasteiger partial charge in [-0.05, 0) is 30.5 Å². The second-order valence-electron chi connectivity index (χ2n) is 6.98. The molecule has 9 nitrogen and oxygen atoms in total. The molecule has 0 spiro atoms. The number of rotatable bonds is 5. The Labute approximate surface area is 161 Å². The SMILES string of the molecule is CN(CC(O)c1ccc(O)cc1)C(=O)[C@H]1CCCN1c1ncnc2nc[nH]c12. The summed E-state index contributed by atoms with van der Waals surface area (Å²) in [6.07, 6.45) is 3.79. The standard InChI is InChI=1S/C19H22N6O3/c1-24(9-15(27)12-4-6-13(26)7-5-12)19(28)14-3-2-8-25(14)18-16-17(21-10-20-16)22-11-23-18/h4-7,10-11,14-15,26-27H,2-3,8-9H2,1H3,(H,20,21,22,23)/t14-,15?/m1/s1. The fraction of sp³-hybridized carbons (Fsp3) is 0.368. The van der Waals surface area contributed by atoms with E-state index in [1.54, 1.807) is 30.4 Å². The van der Waals surface area contributed by atoms with Gasteiger partial charge in [-0.25, -0.2) is 15.0 Å². The van der Waals surface area contributed by atoms with Crippen LogP contribution in [0.15, 0.2) is 36.9 Å². The minimum Gasteiger partial charge on any atom is -0.508 e. The number of fused-ring (bicyclic) bond motifs is 1. The van der Waals surface area contributed by atoms with Crippen LogP contribution in [0.2, 0.25) is 0 Å².